The topological polar surface area (TPSA) is 46.5 Å². The molecule has 21 heavy (non-hydrogen) atoms. The number of rotatable bonds is 6. The van der Waals surface area contributed by atoms with Crippen LogP contribution in [0.4, 0.5) is 0 Å². The Bertz CT molecular complexity index is 643. The van der Waals surface area contributed by atoms with Crippen LogP contribution in [0.15, 0.2) is 42.5 Å². The molecule has 0 saturated heterocycles. The lowest BCUT2D eigenvalue weighted by Gasteiger charge is -2.08. The molecule has 0 heterocycles. The average Bonchev–Trinajstić information content (AvgIpc) is 2.49. The van der Waals surface area contributed by atoms with Crippen LogP contribution in [-0.4, -0.2) is 18.2 Å². The Hall–Kier alpha value is -1.65. The van der Waals surface area contributed by atoms with Gasteiger partial charge < -0.3 is 9.84 Å². The number of thioether (sulfide) groups is 1. The van der Waals surface area contributed by atoms with Crippen LogP contribution in [0.2, 0.25) is 5.02 Å². The summed E-state index contributed by atoms with van der Waals surface area (Å²) in [5.41, 5.74) is 2.22. The van der Waals surface area contributed by atoms with Crippen molar-refractivity contribution in [1.29, 1.82) is 0 Å². The second-order valence-electron chi connectivity index (χ2n) is 4.42. The SMILES string of the molecule is COc1ccc(CSCc2ccccc2Cl)cc1C(=O)O. The summed E-state index contributed by atoms with van der Waals surface area (Å²) in [6, 6.07) is 12.9. The van der Waals surface area contributed by atoms with Crippen LogP contribution in [0, 0.1) is 0 Å². The van der Waals surface area contributed by atoms with Crippen LogP contribution in [0.1, 0.15) is 21.5 Å². The molecule has 0 unspecified atom stereocenters. The number of hydrogen-bond donors (Lipinski definition) is 1. The minimum absolute atomic E-state index is 0.188. The molecule has 0 amide bonds. The monoisotopic (exact) mass is 322 g/mol. The third-order valence-corrected chi connectivity index (χ3v) is 4.40. The first-order valence-electron chi connectivity index (χ1n) is 6.33. The summed E-state index contributed by atoms with van der Waals surface area (Å²) in [5, 5.41) is 9.91. The highest BCUT2D eigenvalue weighted by Gasteiger charge is 2.11. The number of halogens is 1. The van der Waals surface area contributed by atoms with Gasteiger partial charge in [0.2, 0.25) is 0 Å². The van der Waals surface area contributed by atoms with Gasteiger partial charge in [-0.05, 0) is 29.3 Å². The molecular formula is C16H15ClO3S. The largest absolute Gasteiger partial charge is 0.496 e. The fourth-order valence-corrected chi connectivity index (χ4v) is 3.18. The lowest BCUT2D eigenvalue weighted by Crippen LogP contribution is -2.01. The molecule has 0 aromatic heterocycles. The zero-order chi connectivity index (χ0) is 15.2. The van der Waals surface area contributed by atoms with Crippen molar-refractivity contribution in [2.24, 2.45) is 0 Å². The van der Waals surface area contributed by atoms with Gasteiger partial charge in [-0.3, -0.25) is 0 Å². The van der Waals surface area contributed by atoms with Gasteiger partial charge in [0.05, 0.1) is 7.11 Å². The van der Waals surface area contributed by atoms with E-state index in [4.69, 9.17) is 21.4 Å². The van der Waals surface area contributed by atoms with Crippen LogP contribution in [-0.2, 0) is 11.5 Å². The van der Waals surface area contributed by atoms with Crippen molar-refractivity contribution in [2.75, 3.05) is 7.11 Å². The smallest absolute Gasteiger partial charge is 0.339 e. The van der Waals surface area contributed by atoms with Crippen molar-refractivity contribution >= 4 is 29.3 Å². The highest BCUT2D eigenvalue weighted by molar-refractivity contribution is 7.97. The third-order valence-electron chi connectivity index (χ3n) is 2.98. The summed E-state index contributed by atoms with van der Waals surface area (Å²) in [4.78, 5) is 11.2. The Morgan fingerprint density at radius 2 is 2.00 bits per heavy atom. The van der Waals surface area contributed by atoms with Gasteiger partial charge in [-0.2, -0.15) is 11.8 Å². The highest BCUT2D eigenvalue weighted by Crippen LogP contribution is 2.26. The zero-order valence-corrected chi connectivity index (χ0v) is 13.1. The third kappa shape index (κ3) is 4.16. The standard InChI is InChI=1S/C16H15ClO3S/c1-20-15-7-6-11(8-13(15)16(18)19)9-21-10-12-4-2-3-5-14(12)17/h2-8H,9-10H2,1H3,(H,18,19). The number of aromatic carboxylic acids is 1. The molecule has 3 nitrogen and oxygen atoms in total. The molecule has 2 aromatic rings. The van der Waals surface area contributed by atoms with Crippen molar-refractivity contribution in [3.05, 3.63) is 64.2 Å². The predicted octanol–water partition coefficient (Wildman–Crippen LogP) is 4.48. The van der Waals surface area contributed by atoms with Gasteiger partial charge >= 0.3 is 5.97 Å². The van der Waals surface area contributed by atoms with Crippen LogP contribution < -0.4 is 4.74 Å². The van der Waals surface area contributed by atoms with Gasteiger partial charge in [-0.25, -0.2) is 4.79 Å². The van der Waals surface area contributed by atoms with Crippen LogP contribution in [0.3, 0.4) is 0 Å². The number of hydrogen-bond acceptors (Lipinski definition) is 3. The van der Waals surface area contributed by atoms with E-state index in [1.807, 2.05) is 30.3 Å². The first-order valence-corrected chi connectivity index (χ1v) is 7.86. The van der Waals surface area contributed by atoms with Gasteiger partial charge in [0.1, 0.15) is 11.3 Å². The molecule has 5 heteroatoms. The maximum Gasteiger partial charge on any atom is 0.339 e. The molecule has 0 aliphatic heterocycles. The lowest BCUT2D eigenvalue weighted by molar-refractivity contribution is 0.0693. The Labute approximate surface area is 132 Å². The van der Waals surface area contributed by atoms with Crippen LogP contribution in [0.5, 0.6) is 5.75 Å². The molecule has 0 bridgehead atoms. The fraction of sp³-hybridized carbons (Fsp3) is 0.188. The summed E-state index contributed by atoms with van der Waals surface area (Å²) in [7, 11) is 1.47. The molecule has 0 fully saturated rings. The number of ether oxygens (including phenoxy) is 1. The first-order chi connectivity index (χ1) is 10.1. The Morgan fingerprint density at radius 1 is 1.24 bits per heavy atom. The molecule has 110 valence electrons. The van der Waals surface area contributed by atoms with Crippen LogP contribution >= 0.6 is 23.4 Å². The molecule has 0 spiro atoms. The van der Waals surface area contributed by atoms with E-state index >= 15 is 0 Å². The Morgan fingerprint density at radius 3 is 2.67 bits per heavy atom. The zero-order valence-electron chi connectivity index (χ0n) is 11.5. The van der Waals surface area contributed by atoms with E-state index in [1.165, 1.54) is 7.11 Å². The molecule has 2 rings (SSSR count). The van der Waals surface area contributed by atoms with Crippen molar-refractivity contribution in [1.82, 2.24) is 0 Å². The van der Waals surface area contributed by atoms with Gasteiger partial charge in [0.15, 0.2) is 0 Å². The molecule has 0 aliphatic rings. The molecule has 1 N–H and O–H groups in total. The first kappa shape index (κ1) is 15.7. The minimum atomic E-state index is -0.982. The number of carbonyl (C=O) groups is 1. The van der Waals surface area contributed by atoms with Crippen molar-refractivity contribution in [3.63, 3.8) is 0 Å². The van der Waals surface area contributed by atoms with E-state index in [-0.39, 0.29) is 5.56 Å². The van der Waals surface area contributed by atoms with Crippen molar-refractivity contribution < 1.29 is 14.6 Å². The molecule has 0 radical (unpaired) electrons. The molecule has 0 saturated carbocycles. The van der Waals surface area contributed by atoms with E-state index in [0.29, 0.717) is 5.75 Å². The Balaban J connectivity index is 2.02. The number of methoxy groups -OCH3 is 1. The summed E-state index contributed by atoms with van der Waals surface area (Å²) < 4.78 is 5.05. The van der Waals surface area contributed by atoms with E-state index in [9.17, 15) is 4.79 Å². The number of carboxylic acid groups (broad SMARTS) is 1. The molecular weight excluding hydrogens is 308 g/mol. The van der Waals surface area contributed by atoms with Crippen molar-refractivity contribution in [2.45, 2.75) is 11.5 Å². The van der Waals surface area contributed by atoms with E-state index < -0.39 is 5.97 Å². The van der Waals surface area contributed by atoms with E-state index in [1.54, 1.807) is 23.9 Å². The van der Waals surface area contributed by atoms with E-state index in [2.05, 4.69) is 0 Å². The number of carboxylic acids is 1. The highest BCUT2D eigenvalue weighted by atomic mass is 35.5. The van der Waals surface area contributed by atoms with Crippen molar-refractivity contribution in [3.8, 4) is 5.75 Å². The predicted molar refractivity (Wildman–Crippen MR) is 86.4 cm³/mol. The average molecular weight is 323 g/mol. The lowest BCUT2D eigenvalue weighted by atomic mass is 10.1. The molecule has 0 atom stereocenters. The number of benzene rings is 2. The second-order valence-corrected chi connectivity index (χ2v) is 5.82. The fourth-order valence-electron chi connectivity index (χ4n) is 1.91. The second kappa shape index (κ2) is 7.38. The van der Waals surface area contributed by atoms with Gasteiger partial charge in [0.25, 0.3) is 0 Å². The van der Waals surface area contributed by atoms with Gasteiger partial charge in [0, 0.05) is 16.5 Å². The molecule has 2 aromatic carbocycles. The molecule has 0 aliphatic carbocycles. The summed E-state index contributed by atoms with van der Waals surface area (Å²) in [6.45, 7) is 0. The normalized spacial score (nSPS) is 10.4. The summed E-state index contributed by atoms with van der Waals surface area (Å²) in [5.74, 6) is 0.899. The van der Waals surface area contributed by atoms with E-state index in [0.717, 1.165) is 27.7 Å². The summed E-state index contributed by atoms with van der Waals surface area (Å²) >= 11 is 7.79. The minimum Gasteiger partial charge on any atom is -0.496 e. The van der Waals surface area contributed by atoms with Crippen LogP contribution in [0.25, 0.3) is 0 Å². The summed E-state index contributed by atoms with van der Waals surface area (Å²) in [6.07, 6.45) is 0. The van der Waals surface area contributed by atoms with Gasteiger partial charge in [-0.15, -0.1) is 0 Å². The maximum absolute atomic E-state index is 11.2. The maximum atomic E-state index is 11.2. The quantitative estimate of drug-likeness (QED) is 0.851. The van der Waals surface area contributed by atoms with Gasteiger partial charge in [-0.1, -0.05) is 35.9 Å². The Kier molecular flexibility index (Phi) is 5.53.